The van der Waals surface area contributed by atoms with E-state index in [1.54, 1.807) is 0 Å². The molecule has 3 atom stereocenters. The Bertz CT molecular complexity index is 139. The minimum atomic E-state index is 0.778. The number of nitrogens with one attached hydrogen (secondary N) is 2. The van der Waals surface area contributed by atoms with Gasteiger partial charge >= 0.3 is 0 Å². The zero-order chi connectivity index (χ0) is 5.19. The van der Waals surface area contributed by atoms with E-state index in [1.165, 1.54) is 19.5 Å². The molecule has 2 aliphatic heterocycles. The van der Waals surface area contributed by atoms with Crippen molar-refractivity contribution in [2.75, 3.05) is 13.1 Å². The van der Waals surface area contributed by atoms with E-state index in [2.05, 4.69) is 10.6 Å². The van der Waals surface area contributed by atoms with Gasteiger partial charge in [0.15, 0.2) is 0 Å². The van der Waals surface area contributed by atoms with Crippen LogP contribution < -0.4 is 10.6 Å². The van der Waals surface area contributed by atoms with Gasteiger partial charge in [-0.1, -0.05) is 0 Å². The molecule has 0 bridgehead atoms. The topological polar surface area (TPSA) is 24.1 Å². The average molecular weight is 110 g/mol. The van der Waals surface area contributed by atoms with Gasteiger partial charge < -0.3 is 10.6 Å². The largest absolute Gasteiger partial charge is 0.312 e. The first-order chi connectivity index (χ1) is 3.92. The van der Waals surface area contributed by atoms with Gasteiger partial charge in [-0.05, 0) is 6.42 Å². The molecule has 0 aromatic heterocycles. The van der Waals surface area contributed by atoms with Crippen molar-refractivity contribution < 1.29 is 0 Å². The summed E-state index contributed by atoms with van der Waals surface area (Å²) in [7, 11) is 0. The molecule has 44 valence electrons. The fraction of sp³-hybridized carbons (Fsp3) is 1.00. The number of piperidine rings is 1. The second-order valence-electron chi connectivity index (χ2n) is 3.33. The fourth-order valence-corrected chi connectivity index (χ4v) is 2.22. The summed E-state index contributed by atoms with van der Waals surface area (Å²) in [6, 6.07) is 1.77. The summed E-state index contributed by atoms with van der Waals surface area (Å²) in [5, 5.41) is 6.91. The van der Waals surface area contributed by atoms with Crippen molar-refractivity contribution in [1.29, 1.82) is 0 Å². The summed E-state index contributed by atoms with van der Waals surface area (Å²) in [5.41, 5.74) is 0.778. The quantitative estimate of drug-likeness (QED) is 0.432. The van der Waals surface area contributed by atoms with Gasteiger partial charge in [-0.3, -0.25) is 0 Å². The number of rotatable bonds is 0. The first-order valence-corrected chi connectivity index (χ1v) is 3.39. The van der Waals surface area contributed by atoms with E-state index >= 15 is 0 Å². The Morgan fingerprint density at radius 2 is 2.25 bits per heavy atom. The van der Waals surface area contributed by atoms with Gasteiger partial charge in [-0.15, -0.1) is 0 Å². The maximum absolute atomic E-state index is 3.48. The lowest BCUT2D eigenvalue weighted by atomic mass is 9.90. The normalized spacial score (nSPS) is 66.0. The van der Waals surface area contributed by atoms with Crippen molar-refractivity contribution in [3.63, 3.8) is 0 Å². The fourth-order valence-electron chi connectivity index (χ4n) is 2.22. The molecule has 2 N–H and O–H groups in total. The smallest absolute Gasteiger partial charge is 0.0276 e. The van der Waals surface area contributed by atoms with E-state index in [0.29, 0.717) is 0 Å². The molecule has 2 nitrogen and oxygen atoms in total. The molecular weight excluding hydrogens is 100 g/mol. The van der Waals surface area contributed by atoms with Gasteiger partial charge in [-0.25, -0.2) is 0 Å². The van der Waals surface area contributed by atoms with E-state index < -0.39 is 0 Å². The van der Waals surface area contributed by atoms with Crippen LogP contribution in [0.25, 0.3) is 0 Å². The first-order valence-electron chi connectivity index (χ1n) is 3.39. The van der Waals surface area contributed by atoms with Crippen LogP contribution in [0.3, 0.4) is 0 Å². The predicted molar refractivity (Wildman–Crippen MR) is 30.6 cm³/mol. The third-order valence-electron chi connectivity index (χ3n) is 3.06. The Balaban J connectivity index is 2.02. The number of hydrogen-bond acceptors (Lipinski definition) is 2. The van der Waals surface area contributed by atoms with Crippen LogP contribution in [0.2, 0.25) is 0 Å². The second-order valence-corrected chi connectivity index (χ2v) is 3.33. The molecule has 8 heavy (non-hydrogen) atoms. The molecule has 1 saturated carbocycles. The van der Waals surface area contributed by atoms with Crippen molar-refractivity contribution in [2.45, 2.75) is 18.5 Å². The van der Waals surface area contributed by atoms with E-state index in [9.17, 15) is 0 Å². The Morgan fingerprint density at radius 3 is 2.50 bits per heavy atom. The molecule has 3 rings (SSSR count). The van der Waals surface area contributed by atoms with Crippen molar-refractivity contribution in [3.05, 3.63) is 0 Å². The third-order valence-corrected chi connectivity index (χ3v) is 3.06. The van der Waals surface area contributed by atoms with E-state index in [4.69, 9.17) is 0 Å². The van der Waals surface area contributed by atoms with Crippen LogP contribution in [-0.4, -0.2) is 25.2 Å². The average Bonchev–Trinajstić information content (AvgIpc) is 2.36. The van der Waals surface area contributed by atoms with Crippen molar-refractivity contribution >= 4 is 0 Å². The van der Waals surface area contributed by atoms with E-state index in [-0.39, 0.29) is 0 Å². The SMILES string of the molecule is C1NC2CC23CN[C@@H]13. The number of hydrogen-bond donors (Lipinski definition) is 2. The summed E-state index contributed by atoms with van der Waals surface area (Å²) in [4.78, 5) is 0. The molecule has 3 fully saturated rings. The van der Waals surface area contributed by atoms with E-state index in [1.807, 2.05) is 0 Å². The van der Waals surface area contributed by atoms with Crippen LogP contribution in [0.4, 0.5) is 0 Å². The van der Waals surface area contributed by atoms with Crippen molar-refractivity contribution in [3.8, 4) is 0 Å². The summed E-state index contributed by atoms with van der Waals surface area (Å²) in [6.07, 6.45) is 1.45. The highest BCUT2D eigenvalue weighted by molar-refractivity contribution is 5.26. The summed E-state index contributed by atoms with van der Waals surface area (Å²) in [5.74, 6) is 0. The highest BCUT2D eigenvalue weighted by Crippen LogP contribution is 2.56. The molecule has 2 heterocycles. The lowest BCUT2D eigenvalue weighted by molar-refractivity contribution is 0.239. The molecule has 1 spiro atoms. The van der Waals surface area contributed by atoms with Crippen LogP contribution in [0.15, 0.2) is 0 Å². The van der Waals surface area contributed by atoms with Crippen LogP contribution in [0, 0.1) is 5.41 Å². The third kappa shape index (κ3) is 0.213. The zero-order valence-electron chi connectivity index (χ0n) is 4.78. The molecule has 0 aromatic carbocycles. The predicted octanol–water partition coefficient (Wildman–Crippen LogP) is -0.680. The van der Waals surface area contributed by atoms with Crippen LogP contribution in [0.5, 0.6) is 0 Å². The highest BCUT2D eigenvalue weighted by Gasteiger charge is 2.67. The van der Waals surface area contributed by atoms with Gasteiger partial charge in [0.2, 0.25) is 0 Å². The summed E-state index contributed by atoms with van der Waals surface area (Å²) in [6.45, 7) is 2.51. The van der Waals surface area contributed by atoms with Crippen LogP contribution in [0.1, 0.15) is 6.42 Å². The van der Waals surface area contributed by atoms with Crippen molar-refractivity contribution in [1.82, 2.24) is 10.6 Å². The maximum Gasteiger partial charge on any atom is 0.0276 e. The lowest BCUT2D eigenvalue weighted by Crippen LogP contribution is -2.55. The highest BCUT2D eigenvalue weighted by atomic mass is 15.2. The standard InChI is InChI=1S/C6H10N2/c1-4-6(1)3-8-5(6)2-7-4/h4-5,7-8H,1-3H2/t4?,5-,6?/m0/s1. The monoisotopic (exact) mass is 110 g/mol. The summed E-state index contributed by atoms with van der Waals surface area (Å²) < 4.78 is 0. The maximum atomic E-state index is 3.48. The van der Waals surface area contributed by atoms with Crippen LogP contribution in [-0.2, 0) is 0 Å². The minimum Gasteiger partial charge on any atom is -0.312 e. The second kappa shape index (κ2) is 0.847. The van der Waals surface area contributed by atoms with Crippen molar-refractivity contribution in [2.24, 2.45) is 5.41 Å². The molecule has 2 heteroatoms. The van der Waals surface area contributed by atoms with Gasteiger partial charge in [-0.2, -0.15) is 0 Å². The molecule has 3 aliphatic rings. The van der Waals surface area contributed by atoms with Gasteiger partial charge in [0.05, 0.1) is 0 Å². The Hall–Kier alpha value is -0.0800. The lowest BCUT2D eigenvalue weighted by Gasteiger charge is -2.34. The Morgan fingerprint density at radius 1 is 1.25 bits per heavy atom. The van der Waals surface area contributed by atoms with Gasteiger partial charge in [0.1, 0.15) is 0 Å². The molecule has 0 radical (unpaired) electrons. The van der Waals surface area contributed by atoms with E-state index in [0.717, 1.165) is 17.5 Å². The van der Waals surface area contributed by atoms with Crippen LogP contribution >= 0.6 is 0 Å². The Kier molecular flexibility index (Phi) is 0.408. The molecule has 1 aliphatic carbocycles. The molecular formula is C6H10N2. The van der Waals surface area contributed by atoms with Gasteiger partial charge in [0, 0.05) is 30.6 Å². The minimum absolute atomic E-state index is 0.778. The molecule has 2 unspecified atom stereocenters. The molecule has 0 aromatic rings. The first kappa shape index (κ1) is 3.85. The molecule has 2 saturated heterocycles. The Labute approximate surface area is 48.6 Å². The summed E-state index contributed by atoms with van der Waals surface area (Å²) >= 11 is 0. The van der Waals surface area contributed by atoms with Gasteiger partial charge in [0.25, 0.3) is 0 Å². The zero-order valence-corrected chi connectivity index (χ0v) is 4.78. The molecule has 0 amide bonds.